The molecule has 2 aliphatic rings. The predicted octanol–water partition coefficient (Wildman–Crippen LogP) is 7.11. The van der Waals surface area contributed by atoms with E-state index in [1.165, 1.54) is 0 Å². The van der Waals surface area contributed by atoms with Crippen LogP contribution in [0, 0.1) is 42.2 Å². The lowest BCUT2D eigenvalue weighted by Crippen LogP contribution is -2.45. The maximum Gasteiger partial charge on any atom is 0.166 e. The highest BCUT2D eigenvalue weighted by Gasteiger charge is 2.46. The first kappa shape index (κ1) is 19.7. The second kappa shape index (κ2) is 7.68. The van der Waals surface area contributed by atoms with Crippen molar-refractivity contribution < 1.29 is 17.6 Å². The maximum atomic E-state index is 14.8. The molecule has 0 aliphatic heterocycles. The predicted molar refractivity (Wildman–Crippen MR) is 105 cm³/mol. The van der Waals surface area contributed by atoms with Gasteiger partial charge in [0, 0.05) is 5.39 Å². The number of hydrogen-bond acceptors (Lipinski definition) is 0. The number of alkyl halides is 2. The Labute approximate surface area is 164 Å². The van der Waals surface area contributed by atoms with Crippen LogP contribution >= 0.6 is 0 Å². The second-order valence-corrected chi connectivity index (χ2v) is 9.15. The number of halogens is 4. The van der Waals surface area contributed by atoms with Crippen LogP contribution in [0.4, 0.5) is 17.6 Å². The molecule has 4 heteroatoms. The minimum absolute atomic E-state index is 0.173. The van der Waals surface area contributed by atoms with E-state index in [0.717, 1.165) is 24.8 Å². The second-order valence-electron chi connectivity index (χ2n) is 9.15. The molecule has 0 nitrogen and oxygen atoms in total. The quantitative estimate of drug-likeness (QED) is 0.488. The molecular formula is C24H28F4. The van der Waals surface area contributed by atoms with Gasteiger partial charge in [0.05, 0.1) is 0 Å². The molecule has 28 heavy (non-hydrogen) atoms. The van der Waals surface area contributed by atoms with Gasteiger partial charge in [-0.25, -0.2) is 17.6 Å². The molecule has 2 aromatic rings. The summed E-state index contributed by atoms with van der Waals surface area (Å²) < 4.78 is 58.6. The Morgan fingerprint density at radius 3 is 2.54 bits per heavy atom. The molecule has 3 unspecified atom stereocenters. The first-order valence-corrected chi connectivity index (χ1v) is 10.5. The van der Waals surface area contributed by atoms with Crippen LogP contribution in [0.2, 0.25) is 0 Å². The monoisotopic (exact) mass is 392 g/mol. The lowest BCUT2D eigenvalue weighted by Gasteiger charge is -2.45. The van der Waals surface area contributed by atoms with Crippen LogP contribution in [0.1, 0.15) is 50.2 Å². The highest BCUT2D eigenvalue weighted by Crippen LogP contribution is 2.48. The summed E-state index contributed by atoms with van der Waals surface area (Å²) in [6, 6.07) is 6.93. The third kappa shape index (κ3) is 3.55. The van der Waals surface area contributed by atoms with E-state index >= 15 is 0 Å². The van der Waals surface area contributed by atoms with Gasteiger partial charge in [0.15, 0.2) is 11.6 Å². The average Bonchev–Trinajstić information content (AvgIpc) is 2.68. The van der Waals surface area contributed by atoms with Crippen LogP contribution < -0.4 is 0 Å². The summed E-state index contributed by atoms with van der Waals surface area (Å²) in [5, 5.41) is 0.912. The Morgan fingerprint density at radius 2 is 1.75 bits per heavy atom. The van der Waals surface area contributed by atoms with Gasteiger partial charge in [-0.3, -0.25) is 0 Å². The van der Waals surface area contributed by atoms with Gasteiger partial charge in [0.2, 0.25) is 0 Å². The summed E-state index contributed by atoms with van der Waals surface area (Å²) in [6.07, 6.45) is 1.12. The Morgan fingerprint density at radius 1 is 0.964 bits per heavy atom. The van der Waals surface area contributed by atoms with E-state index in [4.69, 9.17) is 0 Å². The Bertz CT molecular complexity index is 859. The summed E-state index contributed by atoms with van der Waals surface area (Å²) in [5.41, 5.74) is 1.13. The van der Waals surface area contributed by atoms with Crippen LogP contribution in [-0.2, 0) is 6.42 Å². The van der Waals surface area contributed by atoms with E-state index in [2.05, 4.69) is 6.92 Å². The highest BCUT2D eigenvalue weighted by molar-refractivity contribution is 5.84. The third-order valence-electron chi connectivity index (χ3n) is 7.11. The largest absolute Gasteiger partial charge is 0.244 e. The van der Waals surface area contributed by atoms with E-state index in [1.807, 2.05) is 13.0 Å². The first-order chi connectivity index (χ1) is 13.3. The normalized spacial score (nSPS) is 33.1. The Kier molecular flexibility index (Phi) is 5.41. The molecule has 0 radical (unpaired) electrons. The highest BCUT2D eigenvalue weighted by atomic mass is 19.2. The van der Waals surface area contributed by atoms with Gasteiger partial charge >= 0.3 is 0 Å². The topological polar surface area (TPSA) is 0 Å². The van der Waals surface area contributed by atoms with Crippen LogP contribution in [0.25, 0.3) is 10.8 Å². The number of rotatable bonds is 3. The van der Waals surface area contributed by atoms with Crippen molar-refractivity contribution >= 4 is 10.8 Å². The lowest BCUT2D eigenvalue weighted by atomic mass is 9.63. The summed E-state index contributed by atoms with van der Waals surface area (Å²) >= 11 is 0. The van der Waals surface area contributed by atoms with Crippen molar-refractivity contribution in [2.24, 2.45) is 23.7 Å². The molecule has 2 aromatic carbocycles. The van der Waals surface area contributed by atoms with Gasteiger partial charge in [-0.2, -0.15) is 0 Å². The fraction of sp³-hybridized carbons (Fsp3) is 0.583. The van der Waals surface area contributed by atoms with Crippen LogP contribution in [-0.4, -0.2) is 12.3 Å². The molecule has 0 saturated heterocycles. The van der Waals surface area contributed by atoms with Gasteiger partial charge in [-0.1, -0.05) is 31.0 Å². The molecule has 2 aliphatic carbocycles. The molecule has 0 aromatic heterocycles. The van der Waals surface area contributed by atoms with Crippen molar-refractivity contribution in [1.82, 2.24) is 0 Å². The fourth-order valence-electron chi connectivity index (χ4n) is 5.48. The molecule has 4 rings (SSSR count). The van der Waals surface area contributed by atoms with Crippen molar-refractivity contribution in [2.75, 3.05) is 0 Å². The molecule has 0 bridgehead atoms. The SMILES string of the molecule is Cc1ccc2cc(CCC3C[C@@H]4CCC(C)C[C@@H]4[C@H](F)C3F)c(F)c(F)c2c1. The average molecular weight is 392 g/mol. The zero-order valence-electron chi connectivity index (χ0n) is 16.5. The van der Waals surface area contributed by atoms with Gasteiger partial charge < -0.3 is 0 Å². The summed E-state index contributed by atoms with van der Waals surface area (Å²) in [5.74, 6) is -1.60. The molecule has 0 heterocycles. The van der Waals surface area contributed by atoms with Crippen molar-refractivity contribution in [3.05, 3.63) is 47.0 Å². The zero-order valence-corrected chi connectivity index (χ0v) is 16.5. The summed E-state index contributed by atoms with van der Waals surface area (Å²) in [4.78, 5) is 0. The third-order valence-corrected chi connectivity index (χ3v) is 7.11. The van der Waals surface area contributed by atoms with Crippen LogP contribution in [0.3, 0.4) is 0 Å². The molecule has 2 fully saturated rings. The van der Waals surface area contributed by atoms with Gasteiger partial charge in [0.25, 0.3) is 0 Å². The zero-order chi connectivity index (χ0) is 20.0. The van der Waals surface area contributed by atoms with E-state index in [9.17, 15) is 17.6 Å². The summed E-state index contributed by atoms with van der Waals surface area (Å²) in [7, 11) is 0. The molecule has 0 spiro atoms. The van der Waals surface area contributed by atoms with Gasteiger partial charge in [-0.15, -0.1) is 0 Å². The first-order valence-electron chi connectivity index (χ1n) is 10.5. The van der Waals surface area contributed by atoms with Gasteiger partial charge in [0.1, 0.15) is 12.3 Å². The standard InChI is InChI=1S/C24H28F4/c1-13-3-5-15-11-17(21(25)23(27)19(15)9-13)7-8-18-12-16-6-4-14(2)10-20(16)24(28)22(18)26/h3,5,9,11,14,16,18,20,22,24H,4,6-8,10,12H2,1-2H3/t14?,16-,18?,20-,22?,24-/m0/s1. The van der Waals surface area contributed by atoms with Crippen molar-refractivity contribution in [2.45, 2.75) is 64.7 Å². The van der Waals surface area contributed by atoms with Crippen molar-refractivity contribution in [3.63, 3.8) is 0 Å². The lowest BCUT2D eigenvalue weighted by molar-refractivity contribution is -0.0412. The van der Waals surface area contributed by atoms with Gasteiger partial charge in [-0.05, 0) is 85.8 Å². The van der Waals surface area contributed by atoms with Crippen LogP contribution in [0.5, 0.6) is 0 Å². The fourth-order valence-corrected chi connectivity index (χ4v) is 5.48. The van der Waals surface area contributed by atoms with Crippen LogP contribution in [0.15, 0.2) is 24.3 Å². The van der Waals surface area contributed by atoms with Crippen molar-refractivity contribution in [1.29, 1.82) is 0 Å². The summed E-state index contributed by atoms with van der Waals surface area (Å²) in [6.45, 7) is 3.95. The van der Waals surface area contributed by atoms with E-state index in [0.29, 0.717) is 24.1 Å². The minimum atomic E-state index is -1.50. The Balaban J connectivity index is 1.51. The number of fused-ring (bicyclic) bond motifs is 2. The Hall–Kier alpha value is -1.58. The molecule has 152 valence electrons. The van der Waals surface area contributed by atoms with E-state index in [-0.39, 0.29) is 29.2 Å². The van der Waals surface area contributed by atoms with E-state index in [1.54, 1.807) is 18.2 Å². The van der Waals surface area contributed by atoms with Crippen molar-refractivity contribution in [3.8, 4) is 0 Å². The molecular weight excluding hydrogens is 364 g/mol. The molecule has 2 saturated carbocycles. The number of hydrogen-bond donors (Lipinski definition) is 0. The minimum Gasteiger partial charge on any atom is -0.244 e. The number of aryl methyl sites for hydroxylation is 2. The number of benzene rings is 2. The molecule has 0 amide bonds. The van der Waals surface area contributed by atoms with E-state index < -0.39 is 29.9 Å². The smallest absolute Gasteiger partial charge is 0.166 e. The molecule has 6 atom stereocenters. The maximum absolute atomic E-state index is 14.8. The molecule has 0 N–H and O–H groups in total.